The molecule has 122 valence electrons. The highest BCUT2D eigenvalue weighted by Gasteiger charge is 2.19. The molecule has 2 aromatic rings. The van der Waals surface area contributed by atoms with Gasteiger partial charge in [0.1, 0.15) is 0 Å². The Labute approximate surface area is 141 Å². The number of nitrogens with zero attached hydrogens (tertiary/aromatic N) is 1. The maximum absolute atomic E-state index is 2.67. The molecule has 0 aliphatic carbocycles. The summed E-state index contributed by atoms with van der Waals surface area (Å²) in [6, 6.07) is 21.9. The van der Waals surface area contributed by atoms with Gasteiger partial charge in [0.25, 0.3) is 0 Å². The number of hydrogen-bond acceptors (Lipinski definition) is 1. The molecule has 0 saturated carbocycles. The van der Waals surface area contributed by atoms with Crippen molar-refractivity contribution >= 4 is 0 Å². The zero-order valence-corrected chi connectivity index (χ0v) is 14.3. The van der Waals surface area contributed by atoms with Crippen LogP contribution in [0.5, 0.6) is 0 Å². The average molecular weight is 307 g/mol. The van der Waals surface area contributed by atoms with Gasteiger partial charge in [-0.05, 0) is 68.3 Å². The van der Waals surface area contributed by atoms with Crippen LogP contribution in [0.2, 0.25) is 0 Å². The van der Waals surface area contributed by atoms with Gasteiger partial charge in [0.2, 0.25) is 0 Å². The van der Waals surface area contributed by atoms with E-state index in [1.54, 1.807) is 0 Å². The maximum atomic E-state index is 2.67. The molecule has 1 nitrogen and oxygen atoms in total. The number of rotatable bonds is 6. The first-order chi connectivity index (χ1) is 11.3. The molecule has 0 aromatic heterocycles. The van der Waals surface area contributed by atoms with Gasteiger partial charge in [0, 0.05) is 0 Å². The van der Waals surface area contributed by atoms with Crippen molar-refractivity contribution in [3.63, 3.8) is 0 Å². The topological polar surface area (TPSA) is 3.24 Å². The Balaban J connectivity index is 1.39. The lowest BCUT2D eigenvalue weighted by molar-refractivity contribution is 0.179. The standard InChI is InChI=1S/C22H29N/c1-19(22-10-6-3-7-11-22)12-15-23-16-13-21(14-17-23)18-20-8-4-2-5-9-20/h2-11,19,21H,12-18H2,1H3. The zero-order valence-electron chi connectivity index (χ0n) is 14.3. The lowest BCUT2D eigenvalue weighted by Crippen LogP contribution is -2.35. The van der Waals surface area contributed by atoms with Crippen molar-refractivity contribution < 1.29 is 0 Å². The second-order valence-electron chi connectivity index (χ2n) is 7.08. The van der Waals surface area contributed by atoms with Crippen LogP contribution in [0.15, 0.2) is 60.7 Å². The van der Waals surface area contributed by atoms with Gasteiger partial charge in [-0.2, -0.15) is 0 Å². The van der Waals surface area contributed by atoms with E-state index < -0.39 is 0 Å². The van der Waals surface area contributed by atoms with Crippen LogP contribution in [0.25, 0.3) is 0 Å². The molecule has 3 rings (SSSR count). The fourth-order valence-electron chi connectivity index (χ4n) is 3.69. The van der Waals surface area contributed by atoms with Crippen LogP contribution in [0.1, 0.15) is 43.2 Å². The molecule has 1 heterocycles. The fraction of sp³-hybridized carbons (Fsp3) is 0.455. The van der Waals surface area contributed by atoms with Crippen LogP contribution in [-0.4, -0.2) is 24.5 Å². The van der Waals surface area contributed by atoms with E-state index in [-0.39, 0.29) is 0 Å². The quantitative estimate of drug-likeness (QED) is 0.714. The Hall–Kier alpha value is -1.60. The van der Waals surface area contributed by atoms with Gasteiger partial charge >= 0.3 is 0 Å². The number of likely N-dealkylation sites (tertiary alicyclic amines) is 1. The van der Waals surface area contributed by atoms with Crippen molar-refractivity contribution in [3.05, 3.63) is 71.8 Å². The third-order valence-corrected chi connectivity index (χ3v) is 5.32. The first-order valence-corrected chi connectivity index (χ1v) is 9.12. The largest absolute Gasteiger partial charge is 0.303 e. The smallest absolute Gasteiger partial charge is 0.00130 e. The monoisotopic (exact) mass is 307 g/mol. The minimum Gasteiger partial charge on any atom is -0.303 e. The average Bonchev–Trinajstić information content (AvgIpc) is 2.62. The third kappa shape index (κ3) is 4.94. The molecule has 1 atom stereocenters. The van der Waals surface area contributed by atoms with Crippen molar-refractivity contribution in [2.24, 2.45) is 5.92 Å². The van der Waals surface area contributed by atoms with E-state index in [0.29, 0.717) is 5.92 Å². The van der Waals surface area contributed by atoms with Gasteiger partial charge in [-0.3, -0.25) is 0 Å². The van der Waals surface area contributed by atoms with Gasteiger partial charge in [-0.15, -0.1) is 0 Å². The zero-order chi connectivity index (χ0) is 15.9. The molecule has 1 aliphatic heterocycles. The summed E-state index contributed by atoms with van der Waals surface area (Å²) in [5, 5.41) is 0. The molecule has 2 aromatic carbocycles. The normalized spacial score (nSPS) is 18.0. The van der Waals surface area contributed by atoms with Crippen LogP contribution in [-0.2, 0) is 6.42 Å². The fourth-order valence-corrected chi connectivity index (χ4v) is 3.69. The number of benzene rings is 2. The van der Waals surface area contributed by atoms with Crippen molar-refractivity contribution in [3.8, 4) is 0 Å². The highest BCUT2D eigenvalue weighted by molar-refractivity contribution is 5.18. The lowest BCUT2D eigenvalue weighted by Gasteiger charge is -2.32. The first kappa shape index (κ1) is 16.3. The number of hydrogen-bond donors (Lipinski definition) is 0. The highest BCUT2D eigenvalue weighted by atomic mass is 15.1. The summed E-state index contributed by atoms with van der Waals surface area (Å²) < 4.78 is 0. The Morgan fingerprint density at radius 1 is 0.913 bits per heavy atom. The Morgan fingerprint density at radius 2 is 1.52 bits per heavy atom. The Bertz CT molecular complexity index is 555. The highest BCUT2D eigenvalue weighted by Crippen LogP contribution is 2.24. The summed E-state index contributed by atoms with van der Waals surface area (Å²) in [6.45, 7) is 6.16. The summed E-state index contributed by atoms with van der Waals surface area (Å²) in [5.74, 6) is 1.54. The predicted octanol–water partition coefficient (Wildman–Crippen LogP) is 5.13. The molecule has 1 unspecified atom stereocenters. The van der Waals surface area contributed by atoms with Crippen molar-refractivity contribution in [2.75, 3.05) is 19.6 Å². The van der Waals surface area contributed by atoms with E-state index in [4.69, 9.17) is 0 Å². The molecule has 1 heteroatoms. The van der Waals surface area contributed by atoms with E-state index in [9.17, 15) is 0 Å². The minimum absolute atomic E-state index is 0.665. The van der Waals surface area contributed by atoms with Crippen LogP contribution >= 0.6 is 0 Å². The van der Waals surface area contributed by atoms with E-state index in [1.165, 1.54) is 56.4 Å². The molecule has 1 saturated heterocycles. The molecular formula is C22H29N. The Kier molecular flexibility index (Phi) is 5.87. The molecule has 0 amide bonds. The van der Waals surface area contributed by atoms with Crippen LogP contribution in [0.3, 0.4) is 0 Å². The molecule has 0 spiro atoms. The number of piperidine rings is 1. The second-order valence-corrected chi connectivity index (χ2v) is 7.08. The van der Waals surface area contributed by atoms with Crippen molar-refractivity contribution in [2.45, 2.75) is 38.5 Å². The van der Waals surface area contributed by atoms with Crippen LogP contribution < -0.4 is 0 Å². The summed E-state index contributed by atoms with van der Waals surface area (Å²) >= 11 is 0. The minimum atomic E-state index is 0.665. The van der Waals surface area contributed by atoms with Crippen LogP contribution in [0.4, 0.5) is 0 Å². The molecule has 23 heavy (non-hydrogen) atoms. The van der Waals surface area contributed by atoms with Crippen molar-refractivity contribution in [1.82, 2.24) is 4.90 Å². The summed E-state index contributed by atoms with van der Waals surface area (Å²) in [4.78, 5) is 2.67. The van der Waals surface area contributed by atoms with Gasteiger partial charge in [0.05, 0.1) is 0 Å². The van der Waals surface area contributed by atoms with E-state index in [2.05, 4.69) is 72.5 Å². The molecule has 1 fully saturated rings. The lowest BCUT2D eigenvalue weighted by atomic mass is 9.89. The SMILES string of the molecule is CC(CCN1CCC(Cc2ccccc2)CC1)c1ccccc1. The Morgan fingerprint density at radius 3 is 2.17 bits per heavy atom. The molecule has 0 bridgehead atoms. The molecular weight excluding hydrogens is 278 g/mol. The second kappa shape index (κ2) is 8.31. The van der Waals surface area contributed by atoms with Crippen LogP contribution in [0, 0.1) is 5.92 Å². The summed E-state index contributed by atoms with van der Waals surface area (Å²) in [7, 11) is 0. The van der Waals surface area contributed by atoms with Gasteiger partial charge in [-0.1, -0.05) is 67.6 Å². The van der Waals surface area contributed by atoms with Gasteiger partial charge < -0.3 is 4.90 Å². The third-order valence-electron chi connectivity index (χ3n) is 5.32. The molecule has 0 N–H and O–H groups in total. The molecule has 0 radical (unpaired) electrons. The van der Waals surface area contributed by atoms with E-state index >= 15 is 0 Å². The first-order valence-electron chi connectivity index (χ1n) is 9.12. The van der Waals surface area contributed by atoms with Gasteiger partial charge in [-0.25, -0.2) is 0 Å². The maximum Gasteiger partial charge on any atom is -0.00130 e. The van der Waals surface area contributed by atoms with Gasteiger partial charge in [0.15, 0.2) is 0 Å². The van der Waals surface area contributed by atoms with Crippen molar-refractivity contribution in [1.29, 1.82) is 0 Å². The molecule has 1 aliphatic rings. The predicted molar refractivity (Wildman–Crippen MR) is 98.8 cm³/mol. The summed E-state index contributed by atoms with van der Waals surface area (Å²) in [5.41, 5.74) is 2.98. The van der Waals surface area contributed by atoms with E-state index in [1.807, 2.05) is 0 Å². The van der Waals surface area contributed by atoms with E-state index in [0.717, 1.165) is 5.92 Å². The summed E-state index contributed by atoms with van der Waals surface area (Å²) in [6.07, 6.45) is 5.24.